The number of alkyl halides is 1. The second-order valence-corrected chi connectivity index (χ2v) is 3.99. The summed E-state index contributed by atoms with van der Waals surface area (Å²) in [6, 6.07) is 8.14. The molecule has 1 rings (SSSR count). The largest absolute Gasteiger partial charge is 0.385 e. The van der Waals surface area contributed by atoms with Crippen molar-refractivity contribution in [1.82, 2.24) is 0 Å². The summed E-state index contributed by atoms with van der Waals surface area (Å²) in [6.45, 7) is 2.98. The molecule has 0 aliphatic carbocycles. The molecule has 0 atom stereocenters. The van der Waals surface area contributed by atoms with E-state index in [1.807, 2.05) is 18.2 Å². The quantitative estimate of drug-likeness (QED) is 0.545. The summed E-state index contributed by atoms with van der Waals surface area (Å²) in [6.07, 6.45) is 0.981. The molecule has 0 saturated carbocycles. The van der Waals surface area contributed by atoms with Crippen molar-refractivity contribution in [2.75, 3.05) is 38.8 Å². The number of hydrogen-bond acceptors (Lipinski definition) is 3. The van der Waals surface area contributed by atoms with Crippen LogP contribution in [0.15, 0.2) is 24.3 Å². The molecule has 0 aromatic heterocycles. The van der Waals surface area contributed by atoms with E-state index in [0.29, 0.717) is 19.1 Å². The molecule has 0 radical (unpaired) electrons. The maximum atomic E-state index is 5.77. The highest BCUT2D eigenvalue weighted by molar-refractivity contribution is 6.17. The molecule has 1 aromatic rings. The summed E-state index contributed by atoms with van der Waals surface area (Å²) in [4.78, 5) is 0. The fraction of sp³-hybridized carbons (Fsp3) is 0.538. The number of benzene rings is 1. The molecule has 0 heterocycles. The summed E-state index contributed by atoms with van der Waals surface area (Å²) in [5.41, 5.74) is 2.24. The zero-order valence-corrected chi connectivity index (χ0v) is 11.0. The Bertz CT molecular complexity index is 307. The average Bonchev–Trinajstić information content (AvgIpc) is 2.38. The van der Waals surface area contributed by atoms with Crippen LogP contribution in [0.2, 0.25) is 0 Å². The monoisotopic (exact) mass is 257 g/mol. The number of nitrogens with one attached hydrogen (secondary N) is 1. The molecule has 0 saturated heterocycles. The van der Waals surface area contributed by atoms with E-state index in [9.17, 15) is 0 Å². The van der Waals surface area contributed by atoms with E-state index in [1.54, 1.807) is 7.11 Å². The van der Waals surface area contributed by atoms with Crippen LogP contribution in [0.1, 0.15) is 12.0 Å². The van der Waals surface area contributed by atoms with E-state index in [0.717, 1.165) is 30.8 Å². The van der Waals surface area contributed by atoms with E-state index in [-0.39, 0.29) is 0 Å². The van der Waals surface area contributed by atoms with Gasteiger partial charge in [0.2, 0.25) is 0 Å². The standard InChI is InChI=1S/C13H20ClNO2/c1-16-8-9-17-7-3-6-15-13-5-2-4-12(10-13)11-14/h2,4-5,10,15H,3,6-9,11H2,1H3. The van der Waals surface area contributed by atoms with Gasteiger partial charge in [0.1, 0.15) is 0 Å². The first kappa shape index (κ1) is 14.3. The number of halogens is 1. The van der Waals surface area contributed by atoms with Crippen LogP contribution in [0.3, 0.4) is 0 Å². The van der Waals surface area contributed by atoms with Gasteiger partial charge in [-0.15, -0.1) is 11.6 Å². The summed E-state index contributed by atoms with van der Waals surface area (Å²) < 4.78 is 10.3. The second kappa shape index (κ2) is 9.28. The molecule has 3 nitrogen and oxygen atoms in total. The fourth-order valence-electron chi connectivity index (χ4n) is 1.42. The van der Waals surface area contributed by atoms with Gasteiger partial charge in [0.25, 0.3) is 0 Å². The molecular formula is C13H20ClNO2. The van der Waals surface area contributed by atoms with E-state index >= 15 is 0 Å². The number of ether oxygens (including phenoxy) is 2. The van der Waals surface area contributed by atoms with E-state index in [1.165, 1.54) is 0 Å². The molecule has 0 aliphatic heterocycles. The summed E-state index contributed by atoms with van der Waals surface area (Å²) in [5, 5.41) is 3.34. The van der Waals surface area contributed by atoms with E-state index < -0.39 is 0 Å². The van der Waals surface area contributed by atoms with Gasteiger partial charge in [-0.2, -0.15) is 0 Å². The molecule has 96 valence electrons. The SMILES string of the molecule is COCCOCCCNc1cccc(CCl)c1. The smallest absolute Gasteiger partial charge is 0.0700 e. The Morgan fingerprint density at radius 2 is 2.12 bits per heavy atom. The third-order valence-electron chi connectivity index (χ3n) is 2.31. The van der Waals surface area contributed by atoms with E-state index in [2.05, 4.69) is 11.4 Å². The van der Waals surface area contributed by atoms with Crippen molar-refractivity contribution in [1.29, 1.82) is 0 Å². The number of hydrogen-bond donors (Lipinski definition) is 1. The molecular weight excluding hydrogens is 238 g/mol. The molecule has 1 aromatic carbocycles. The maximum absolute atomic E-state index is 5.77. The number of rotatable bonds is 9. The van der Waals surface area contributed by atoms with Crippen molar-refractivity contribution in [2.24, 2.45) is 0 Å². The predicted molar refractivity (Wildman–Crippen MR) is 71.8 cm³/mol. The topological polar surface area (TPSA) is 30.5 Å². The van der Waals surface area contributed by atoms with Crippen LogP contribution in [0.25, 0.3) is 0 Å². The van der Waals surface area contributed by atoms with Crippen LogP contribution in [0.5, 0.6) is 0 Å². The summed E-state index contributed by atoms with van der Waals surface area (Å²) in [7, 11) is 1.68. The molecule has 0 amide bonds. The number of methoxy groups -OCH3 is 1. The van der Waals surface area contributed by atoms with Gasteiger partial charge >= 0.3 is 0 Å². The third kappa shape index (κ3) is 6.51. The zero-order chi connectivity index (χ0) is 12.3. The van der Waals surface area contributed by atoms with Crippen LogP contribution in [0, 0.1) is 0 Å². The van der Waals surface area contributed by atoms with Crippen molar-refractivity contribution < 1.29 is 9.47 Å². The molecule has 0 bridgehead atoms. The Labute approximate surface area is 108 Å². The van der Waals surface area contributed by atoms with Crippen molar-refractivity contribution in [3.8, 4) is 0 Å². The molecule has 0 fully saturated rings. The second-order valence-electron chi connectivity index (χ2n) is 3.72. The normalized spacial score (nSPS) is 10.5. The van der Waals surface area contributed by atoms with Crippen LogP contribution in [-0.2, 0) is 15.4 Å². The highest BCUT2D eigenvalue weighted by Crippen LogP contribution is 2.12. The minimum atomic E-state index is 0.551. The summed E-state index contributed by atoms with van der Waals surface area (Å²) in [5.74, 6) is 0.551. The van der Waals surface area contributed by atoms with Gasteiger partial charge in [0.05, 0.1) is 13.2 Å². The van der Waals surface area contributed by atoms with Gasteiger partial charge in [-0.25, -0.2) is 0 Å². The first-order chi connectivity index (χ1) is 8.36. The highest BCUT2D eigenvalue weighted by atomic mass is 35.5. The van der Waals surface area contributed by atoms with E-state index in [4.69, 9.17) is 21.1 Å². The Kier molecular flexibility index (Phi) is 7.80. The minimum Gasteiger partial charge on any atom is -0.385 e. The minimum absolute atomic E-state index is 0.551. The Morgan fingerprint density at radius 1 is 1.24 bits per heavy atom. The van der Waals surface area contributed by atoms with Crippen LogP contribution in [-0.4, -0.2) is 33.5 Å². The Morgan fingerprint density at radius 3 is 2.88 bits per heavy atom. The highest BCUT2D eigenvalue weighted by Gasteiger charge is 1.94. The lowest BCUT2D eigenvalue weighted by Gasteiger charge is -2.08. The first-order valence-corrected chi connectivity index (χ1v) is 6.35. The van der Waals surface area contributed by atoms with Crippen molar-refractivity contribution in [2.45, 2.75) is 12.3 Å². The molecule has 17 heavy (non-hydrogen) atoms. The van der Waals surface area contributed by atoms with Crippen molar-refractivity contribution in [3.63, 3.8) is 0 Å². The van der Waals surface area contributed by atoms with Gasteiger partial charge in [0, 0.05) is 31.8 Å². The Balaban J connectivity index is 2.09. The van der Waals surface area contributed by atoms with Crippen LogP contribution >= 0.6 is 11.6 Å². The van der Waals surface area contributed by atoms with Gasteiger partial charge in [-0.05, 0) is 24.1 Å². The van der Waals surface area contributed by atoms with Gasteiger partial charge in [-0.3, -0.25) is 0 Å². The Hall–Kier alpha value is -0.770. The molecule has 4 heteroatoms. The van der Waals surface area contributed by atoms with Gasteiger partial charge in [0.15, 0.2) is 0 Å². The molecule has 1 N–H and O–H groups in total. The van der Waals surface area contributed by atoms with Crippen LogP contribution in [0.4, 0.5) is 5.69 Å². The lowest BCUT2D eigenvalue weighted by Crippen LogP contribution is -2.08. The summed E-state index contributed by atoms with van der Waals surface area (Å²) >= 11 is 5.77. The number of anilines is 1. The first-order valence-electron chi connectivity index (χ1n) is 5.82. The maximum Gasteiger partial charge on any atom is 0.0700 e. The van der Waals surface area contributed by atoms with Crippen molar-refractivity contribution >= 4 is 17.3 Å². The van der Waals surface area contributed by atoms with Gasteiger partial charge < -0.3 is 14.8 Å². The van der Waals surface area contributed by atoms with Gasteiger partial charge in [-0.1, -0.05) is 12.1 Å². The lowest BCUT2D eigenvalue weighted by atomic mass is 10.2. The fourth-order valence-corrected chi connectivity index (χ4v) is 1.58. The third-order valence-corrected chi connectivity index (χ3v) is 2.62. The average molecular weight is 258 g/mol. The predicted octanol–water partition coefficient (Wildman–Crippen LogP) is 2.89. The molecule has 0 spiro atoms. The van der Waals surface area contributed by atoms with Crippen LogP contribution < -0.4 is 5.32 Å². The molecule has 0 unspecified atom stereocenters. The zero-order valence-electron chi connectivity index (χ0n) is 10.2. The van der Waals surface area contributed by atoms with Crippen molar-refractivity contribution in [3.05, 3.63) is 29.8 Å². The molecule has 0 aliphatic rings. The lowest BCUT2D eigenvalue weighted by molar-refractivity contribution is 0.0705.